The predicted octanol–water partition coefficient (Wildman–Crippen LogP) is 3.50. The quantitative estimate of drug-likeness (QED) is 0.875. The Hall–Kier alpha value is -2.11. The first-order valence-electron chi connectivity index (χ1n) is 8.73. The SMILES string of the molecule is NCc1ccc2c(c1)C1(CCN(C(=O)c3ccc(F)c(Cl)c3)CC1)CO2. The fraction of sp³-hybridized carbons (Fsp3) is 0.350. The van der Waals surface area contributed by atoms with Gasteiger partial charge in [-0.2, -0.15) is 0 Å². The zero-order valence-electron chi connectivity index (χ0n) is 14.3. The standard InChI is InChI=1S/C20H20ClFN2O2/c21-16-10-14(2-3-17(16)22)19(25)24-7-5-20(6-8-24)12-26-18-4-1-13(11-23)9-15(18)20/h1-4,9-10H,5-8,11-12,23H2. The van der Waals surface area contributed by atoms with Crippen molar-refractivity contribution in [2.75, 3.05) is 19.7 Å². The van der Waals surface area contributed by atoms with Crippen LogP contribution in [0.3, 0.4) is 0 Å². The highest BCUT2D eigenvalue weighted by molar-refractivity contribution is 6.31. The second-order valence-corrected chi connectivity index (χ2v) is 7.43. The number of hydrogen-bond acceptors (Lipinski definition) is 3. The minimum Gasteiger partial charge on any atom is -0.492 e. The topological polar surface area (TPSA) is 55.6 Å². The maximum Gasteiger partial charge on any atom is 0.253 e. The van der Waals surface area contributed by atoms with Gasteiger partial charge in [0.05, 0.1) is 11.6 Å². The Balaban J connectivity index is 1.52. The number of rotatable bonds is 2. The zero-order chi connectivity index (χ0) is 18.3. The van der Waals surface area contributed by atoms with Crippen LogP contribution in [-0.4, -0.2) is 30.5 Å². The van der Waals surface area contributed by atoms with Crippen molar-refractivity contribution in [3.63, 3.8) is 0 Å². The molecule has 6 heteroatoms. The Kier molecular flexibility index (Phi) is 4.37. The number of likely N-dealkylation sites (tertiary alicyclic amines) is 1. The average Bonchev–Trinajstić information content (AvgIpc) is 3.01. The third-order valence-electron chi connectivity index (χ3n) is 5.53. The maximum atomic E-state index is 13.3. The van der Waals surface area contributed by atoms with Crippen LogP contribution in [0.1, 0.15) is 34.3 Å². The average molecular weight is 375 g/mol. The molecule has 136 valence electrons. The van der Waals surface area contributed by atoms with E-state index in [1.54, 1.807) is 4.90 Å². The number of fused-ring (bicyclic) bond motifs is 2. The van der Waals surface area contributed by atoms with Crippen molar-refractivity contribution in [3.05, 3.63) is 63.9 Å². The van der Waals surface area contributed by atoms with Crippen LogP contribution < -0.4 is 10.5 Å². The molecule has 0 unspecified atom stereocenters. The van der Waals surface area contributed by atoms with Gasteiger partial charge in [-0.15, -0.1) is 0 Å². The van der Waals surface area contributed by atoms with Crippen LogP contribution in [0.15, 0.2) is 36.4 Å². The Labute approximate surface area is 156 Å². The van der Waals surface area contributed by atoms with Gasteiger partial charge in [-0.3, -0.25) is 4.79 Å². The van der Waals surface area contributed by atoms with Gasteiger partial charge in [-0.05, 0) is 42.7 Å². The number of carbonyl (C=O) groups excluding carboxylic acids is 1. The summed E-state index contributed by atoms with van der Waals surface area (Å²) in [5.74, 6) is 0.292. The van der Waals surface area contributed by atoms with E-state index < -0.39 is 5.82 Å². The molecule has 1 fully saturated rings. The van der Waals surface area contributed by atoms with E-state index in [0.717, 1.165) is 24.2 Å². The summed E-state index contributed by atoms with van der Waals surface area (Å²) in [6.45, 7) is 2.40. The Morgan fingerprint density at radius 3 is 2.69 bits per heavy atom. The fourth-order valence-electron chi connectivity index (χ4n) is 3.90. The van der Waals surface area contributed by atoms with Crippen LogP contribution in [0.4, 0.5) is 4.39 Å². The summed E-state index contributed by atoms with van der Waals surface area (Å²) in [6, 6.07) is 10.2. The molecular weight excluding hydrogens is 355 g/mol. The molecule has 1 saturated heterocycles. The highest BCUT2D eigenvalue weighted by Crippen LogP contribution is 2.46. The molecule has 0 saturated carbocycles. The largest absolute Gasteiger partial charge is 0.492 e. The second-order valence-electron chi connectivity index (χ2n) is 7.02. The Bertz CT molecular complexity index is 863. The third kappa shape index (κ3) is 2.85. The summed E-state index contributed by atoms with van der Waals surface area (Å²) >= 11 is 5.81. The molecule has 4 nitrogen and oxygen atoms in total. The molecule has 2 aromatic carbocycles. The molecule has 0 bridgehead atoms. The minimum atomic E-state index is -0.517. The van der Waals surface area contributed by atoms with E-state index in [-0.39, 0.29) is 16.3 Å². The van der Waals surface area contributed by atoms with Crippen molar-refractivity contribution in [3.8, 4) is 5.75 Å². The zero-order valence-corrected chi connectivity index (χ0v) is 15.1. The van der Waals surface area contributed by atoms with Crippen LogP contribution >= 0.6 is 11.6 Å². The molecule has 2 aromatic rings. The number of halogens is 2. The van der Waals surface area contributed by atoms with Crippen molar-refractivity contribution in [1.82, 2.24) is 4.90 Å². The van der Waals surface area contributed by atoms with E-state index in [0.29, 0.717) is 31.8 Å². The summed E-state index contributed by atoms with van der Waals surface area (Å²) in [5.41, 5.74) is 8.44. The number of benzene rings is 2. The molecule has 1 spiro atoms. The monoisotopic (exact) mass is 374 g/mol. The van der Waals surface area contributed by atoms with Crippen LogP contribution in [0.2, 0.25) is 5.02 Å². The van der Waals surface area contributed by atoms with Gasteiger partial charge in [-0.1, -0.05) is 23.7 Å². The van der Waals surface area contributed by atoms with Gasteiger partial charge in [-0.25, -0.2) is 4.39 Å². The molecule has 2 aliphatic rings. The van der Waals surface area contributed by atoms with E-state index in [4.69, 9.17) is 22.1 Å². The number of nitrogens with zero attached hydrogens (tertiary/aromatic N) is 1. The molecule has 2 N–H and O–H groups in total. The van der Waals surface area contributed by atoms with E-state index in [2.05, 4.69) is 6.07 Å². The van der Waals surface area contributed by atoms with Crippen molar-refractivity contribution >= 4 is 17.5 Å². The van der Waals surface area contributed by atoms with Gasteiger partial charge in [0.1, 0.15) is 11.6 Å². The van der Waals surface area contributed by atoms with E-state index in [1.807, 2.05) is 12.1 Å². The molecule has 26 heavy (non-hydrogen) atoms. The van der Waals surface area contributed by atoms with Gasteiger partial charge in [0.2, 0.25) is 0 Å². The number of ether oxygens (including phenoxy) is 1. The molecule has 0 aliphatic carbocycles. The number of piperidine rings is 1. The molecule has 2 aliphatic heterocycles. The van der Waals surface area contributed by atoms with Gasteiger partial charge in [0.25, 0.3) is 5.91 Å². The van der Waals surface area contributed by atoms with E-state index in [9.17, 15) is 9.18 Å². The molecule has 2 heterocycles. The minimum absolute atomic E-state index is 0.0308. The second kappa shape index (κ2) is 6.56. The first kappa shape index (κ1) is 17.3. The lowest BCUT2D eigenvalue weighted by Gasteiger charge is -2.38. The highest BCUT2D eigenvalue weighted by Gasteiger charge is 2.43. The first-order chi connectivity index (χ1) is 12.5. The van der Waals surface area contributed by atoms with Crippen LogP contribution in [0, 0.1) is 5.82 Å². The van der Waals surface area contributed by atoms with Crippen molar-refractivity contribution in [1.29, 1.82) is 0 Å². The van der Waals surface area contributed by atoms with E-state index in [1.165, 1.54) is 23.8 Å². The summed E-state index contributed by atoms with van der Waals surface area (Å²) in [7, 11) is 0. The number of amides is 1. The van der Waals surface area contributed by atoms with Crippen LogP contribution in [-0.2, 0) is 12.0 Å². The number of carbonyl (C=O) groups is 1. The van der Waals surface area contributed by atoms with Crippen molar-refractivity contribution in [2.24, 2.45) is 5.73 Å². The van der Waals surface area contributed by atoms with Gasteiger partial charge < -0.3 is 15.4 Å². The van der Waals surface area contributed by atoms with Gasteiger partial charge >= 0.3 is 0 Å². The van der Waals surface area contributed by atoms with Gasteiger partial charge in [0.15, 0.2) is 0 Å². The van der Waals surface area contributed by atoms with Crippen molar-refractivity contribution in [2.45, 2.75) is 24.8 Å². The lowest BCUT2D eigenvalue weighted by molar-refractivity contribution is 0.0646. The molecule has 4 rings (SSSR count). The van der Waals surface area contributed by atoms with E-state index >= 15 is 0 Å². The van der Waals surface area contributed by atoms with Crippen molar-refractivity contribution < 1.29 is 13.9 Å². The summed E-state index contributed by atoms with van der Waals surface area (Å²) < 4.78 is 19.2. The molecule has 0 aromatic heterocycles. The first-order valence-corrected chi connectivity index (χ1v) is 9.11. The molecule has 1 amide bonds. The fourth-order valence-corrected chi connectivity index (χ4v) is 4.08. The third-order valence-corrected chi connectivity index (χ3v) is 5.82. The summed E-state index contributed by atoms with van der Waals surface area (Å²) in [5, 5.41) is -0.0308. The Morgan fingerprint density at radius 2 is 2.00 bits per heavy atom. The van der Waals surface area contributed by atoms with Gasteiger partial charge in [0, 0.05) is 36.2 Å². The van der Waals surface area contributed by atoms with Crippen LogP contribution in [0.25, 0.3) is 0 Å². The maximum absolute atomic E-state index is 13.3. The number of hydrogen-bond donors (Lipinski definition) is 1. The summed E-state index contributed by atoms with van der Waals surface area (Å²) in [4.78, 5) is 14.5. The predicted molar refractivity (Wildman–Crippen MR) is 98.1 cm³/mol. The summed E-state index contributed by atoms with van der Waals surface area (Å²) in [6.07, 6.45) is 1.66. The smallest absolute Gasteiger partial charge is 0.253 e. The highest BCUT2D eigenvalue weighted by atomic mass is 35.5. The normalized spacial score (nSPS) is 17.9. The Morgan fingerprint density at radius 1 is 1.23 bits per heavy atom. The lowest BCUT2D eigenvalue weighted by atomic mass is 9.74. The molecule has 0 radical (unpaired) electrons. The number of nitrogens with two attached hydrogens (primary N) is 1. The molecular formula is C20H20ClFN2O2. The van der Waals surface area contributed by atoms with Crippen LogP contribution in [0.5, 0.6) is 5.75 Å². The molecule has 0 atom stereocenters. The lowest BCUT2D eigenvalue weighted by Crippen LogP contribution is -2.46.